The lowest BCUT2D eigenvalue weighted by Gasteiger charge is -2.06. The lowest BCUT2D eigenvalue weighted by molar-refractivity contribution is 0.101. The van der Waals surface area contributed by atoms with E-state index in [1.165, 1.54) is 0 Å². The molecule has 0 fully saturated rings. The topological polar surface area (TPSA) is 90.8 Å². The first kappa shape index (κ1) is 22.4. The van der Waals surface area contributed by atoms with Gasteiger partial charge in [0.05, 0.1) is 29.5 Å². The van der Waals surface area contributed by atoms with Gasteiger partial charge in [0.2, 0.25) is 0 Å². The molecule has 0 saturated carbocycles. The van der Waals surface area contributed by atoms with E-state index in [1.807, 2.05) is 32.0 Å². The molecule has 0 saturated heterocycles. The normalized spacial score (nSPS) is 11.2. The van der Waals surface area contributed by atoms with Gasteiger partial charge in [0, 0.05) is 16.8 Å². The second kappa shape index (κ2) is 8.97. The van der Waals surface area contributed by atoms with Crippen LogP contribution in [0.1, 0.15) is 38.8 Å². The zero-order chi connectivity index (χ0) is 23.0. The molecule has 0 radical (unpaired) electrons. The molecular formula is C21H19Cl3N6O2. The van der Waals surface area contributed by atoms with Gasteiger partial charge in [-0.3, -0.25) is 14.2 Å². The summed E-state index contributed by atoms with van der Waals surface area (Å²) in [4.78, 5) is 13.0. The van der Waals surface area contributed by atoms with Gasteiger partial charge in [-0.1, -0.05) is 58.2 Å². The highest BCUT2D eigenvalue weighted by atomic mass is 35.5. The molecule has 3 aromatic heterocycles. The van der Waals surface area contributed by atoms with Gasteiger partial charge in [-0.2, -0.15) is 10.2 Å². The Hall–Kier alpha value is -2.81. The van der Waals surface area contributed by atoms with Crippen molar-refractivity contribution in [2.24, 2.45) is 0 Å². The first-order valence-corrected chi connectivity index (χ1v) is 10.8. The lowest BCUT2D eigenvalue weighted by atomic mass is 10.2. The van der Waals surface area contributed by atoms with Crippen molar-refractivity contribution >= 4 is 46.5 Å². The van der Waals surface area contributed by atoms with Crippen LogP contribution in [0.25, 0.3) is 0 Å². The van der Waals surface area contributed by atoms with Crippen LogP contribution in [0.15, 0.2) is 35.0 Å². The van der Waals surface area contributed by atoms with Crippen molar-refractivity contribution in [3.05, 3.63) is 79.5 Å². The Morgan fingerprint density at radius 1 is 1.06 bits per heavy atom. The number of amides is 1. The Labute approximate surface area is 199 Å². The smallest absolute Gasteiger partial charge is 0.279 e. The number of hydrogen-bond donors (Lipinski definition) is 1. The van der Waals surface area contributed by atoms with E-state index in [1.54, 1.807) is 28.6 Å². The number of aryl methyl sites for hydroxylation is 2. The molecule has 166 valence electrons. The van der Waals surface area contributed by atoms with Crippen molar-refractivity contribution in [1.82, 2.24) is 24.7 Å². The largest absolute Gasteiger partial charge is 0.361 e. The number of nitrogens with zero attached hydrogens (tertiary/aromatic N) is 5. The van der Waals surface area contributed by atoms with E-state index in [2.05, 4.69) is 20.7 Å². The van der Waals surface area contributed by atoms with Gasteiger partial charge in [0.1, 0.15) is 10.8 Å². The Balaban J connectivity index is 1.54. The van der Waals surface area contributed by atoms with Crippen LogP contribution in [-0.4, -0.2) is 30.6 Å². The first-order valence-electron chi connectivity index (χ1n) is 9.67. The van der Waals surface area contributed by atoms with E-state index >= 15 is 0 Å². The summed E-state index contributed by atoms with van der Waals surface area (Å²) in [6, 6.07) is 7.44. The van der Waals surface area contributed by atoms with Crippen molar-refractivity contribution in [1.29, 1.82) is 0 Å². The molecule has 32 heavy (non-hydrogen) atoms. The molecule has 0 aliphatic heterocycles. The molecule has 0 spiro atoms. The van der Waals surface area contributed by atoms with Crippen LogP contribution in [0.2, 0.25) is 15.1 Å². The average molecular weight is 494 g/mol. The van der Waals surface area contributed by atoms with Gasteiger partial charge in [0.15, 0.2) is 11.5 Å². The van der Waals surface area contributed by atoms with E-state index in [9.17, 15) is 4.79 Å². The highest BCUT2D eigenvalue weighted by Gasteiger charge is 2.23. The van der Waals surface area contributed by atoms with Crippen molar-refractivity contribution in [3.8, 4) is 0 Å². The lowest BCUT2D eigenvalue weighted by Crippen LogP contribution is -2.17. The molecule has 8 nitrogen and oxygen atoms in total. The third-order valence-electron chi connectivity index (χ3n) is 5.04. The molecule has 0 aliphatic carbocycles. The minimum absolute atomic E-state index is 0.128. The van der Waals surface area contributed by atoms with Gasteiger partial charge < -0.3 is 9.84 Å². The monoisotopic (exact) mass is 492 g/mol. The molecule has 4 aromatic rings. The predicted molar refractivity (Wildman–Crippen MR) is 123 cm³/mol. The van der Waals surface area contributed by atoms with Gasteiger partial charge in [-0.05, 0) is 32.4 Å². The van der Waals surface area contributed by atoms with Crippen molar-refractivity contribution < 1.29 is 9.32 Å². The summed E-state index contributed by atoms with van der Waals surface area (Å²) >= 11 is 18.8. The summed E-state index contributed by atoms with van der Waals surface area (Å²) < 4.78 is 8.58. The molecule has 11 heteroatoms. The highest BCUT2D eigenvalue weighted by molar-refractivity contribution is 6.33. The Morgan fingerprint density at radius 3 is 2.50 bits per heavy atom. The first-order chi connectivity index (χ1) is 15.2. The number of carbonyl (C=O) groups excluding carboxylic acids is 1. The summed E-state index contributed by atoms with van der Waals surface area (Å²) in [6.07, 6.45) is 1.62. The summed E-state index contributed by atoms with van der Waals surface area (Å²) in [5.41, 5.74) is 3.10. The third kappa shape index (κ3) is 4.39. The molecule has 1 N–H and O–H groups in total. The maximum Gasteiger partial charge on any atom is 0.279 e. The van der Waals surface area contributed by atoms with Crippen molar-refractivity contribution in [2.75, 3.05) is 5.32 Å². The van der Waals surface area contributed by atoms with Crippen LogP contribution < -0.4 is 5.32 Å². The fourth-order valence-electron chi connectivity index (χ4n) is 3.27. The van der Waals surface area contributed by atoms with Crippen LogP contribution in [-0.2, 0) is 13.1 Å². The highest BCUT2D eigenvalue weighted by Crippen LogP contribution is 2.25. The van der Waals surface area contributed by atoms with Crippen molar-refractivity contribution in [3.63, 3.8) is 0 Å². The Bertz CT molecular complexity index is 1310. The van der Waals surface area contributed by atoms with Gasteiger partial charge >= 0.3 is 0 Å². The standard InChI is InChI=1S/C21H19Cl3N6O2/c1-11-18(24)12(2)30(26-11)9-15-13(3)32-28-19(15)21(31)25-20-17(23)10-29(27-20)8-14-6-4-5-7-16(14)22/h4-7,10H,8-9H2,1-3H3,(H,25,27,31). The zero-order valence-electron chi connectivity index (χ0n) is 17.5. The van der Waals surface area contributed by atoms with Gasteiger partial charge in [-0.25, -0.2) is 0 Å². The van der Waals surface area contributed by atoms with E-state index in [4.69, 9.17) is 39.3 Å². The SMILES string of the molecule is Cc1nn(Cc2c(C(=O)Nc3nn(Cc4ccccc4Cl)cc3Cl)noc2C)c(C)c1Cl. The van der Waals surface area contributed by atoms with Crippen LogP contribution in [0.3, 0.4) is 0 Å². The quantitative estimate of drug-likeness (QED) is 0.393. The molecule has 0 atom stereocenters. The van der Waals surface area contributed by atoms with E-state index in [-0.39, 0.29) is 23.1 Å². The fourth-order valence-corrected chi connectivity index (χ4v) is 3.79. The molecule has 1 amide bonds. The van der Waals surface area contributed by atoms with Crippen molar-refractivity contribution in [2.45, 2.75) is 33.9 Å². The Kier molecular flexibility index (Phi) is 6.28. The maximum absolute atomic E-state index is 13.0. The molecule has 0 aliphatic rings. The van der Waals surface area contributed by atoms with E-state index in [0.29, 0.717) is 33.6 Å². The fraction of sp³-hybridized carbons (Fsp3) is 0.238. The molecule has 0 unspecified atom stereocenters. The van der Waals surface area contributed by atoms with E-state index < -0.39 is 5.91 Å². The molecule has 4 rings (SSSR count). The van der Waals surface area contributed by atoms with Gasteiger partial charge in [-0.15, -0.1) is 0 Å². The molecule has 1 aromatic carbocycles. The van der Waals surface area contributed by atoms with Crippen LogP contribution in [0, 0.1) is 20.8 Å². The van der Waals surface area contributed by atoms with Crippen LogP contribution >= 0.6 is 34.8 Å². The summed E-state index contributed by atoms with van der Waals surface area (Å²) in [7, 11) is 0. The second-order valence-corrected chi connectivity index (χ2v) is 8.47. The summed E-state index contributed by atoms with van der Waals surface area (Å²) in [5.74, 6) is 0.230. The predicted octanol–water partition coefficient (Wildman–Crippen LogP) is 5.30. The number of halogens is 3. The Morgan fingerprint density at radius 2 is 1.81 bits per heavy atom. The van der Waals surface area contributed by atoms with Gasteiger partial charge in [0.25, 0.3) is 5.91 Å². The molecule has 3 heterocycles. The number of nitrogens with one attached hydrogen (secondary N) is 1. The number of rotatable bonds is 6. The number of hydrogen-bond acceptors (Lipinski definition) is 5. The minimum atomic E-state index is -0.491. The number of benzene rings is 1. The van der Waals surface area contributed by atoms with Crippen LogP contribution in [0.5, 0.6) is 0 Å². The number of anilines is 1. The summed E-state index contributed by atoms with van der Waals surface area (Å²) in [5, 5.41) is 16.9. The summed E-state index contributed by atoms with van der Waals surface area (Å²) in [6.45, 7) is 6.10. The maximum atomic E-state index is 13.0. The second-order valence-electron chi connectivity index (χ2n) is 7.28. The minimum Gasteiger partial charge on any atom is -0.361 e. The number of carbonyl (C=O) groups is 1. The third-order valence-corrected chi connectivity index (χ3v) is 6.23. The average Bonchev–Trinajstić information content (AvgIpc) is 3.36. The van der Waals surface area contributed by atoms with Crippen LogP contribution in [0.4, 0.5) is 5.82 Å². The number of aromatic nitrogens is 5. The molecule has 0 bridgehead atoms. The molecular weight excluding hydrogens is 475 g/mol. The zero-order valence-corrected chi connectivity index (χ0v) is 19.8. The van der Waals surface area contributed by atoms with E-state index in [0.717, 1.165) is 11.3 Å².